The number of esters is 1. The number of carbonyl (C=O) groups is 1. The molecule has 3 nitrogen and oxygen atoms in total. The summed E-state index contributed by atoms with van der Waals surface area (Å²) >= 11 is 12.3. The van der Waals surface area contributed by atoms with Crippen LogP contribution >= 0.6 is 23.2 Å². The topological polar surface area (TPSA) is 42.1 Å². The summed E-state index contributed by atoms with van der Waals surface area (Å²) in [7, 11) is 0. The fourth-order valence-electron chi connectivity index (χ4n) is 2.45. The molecule has 1 N–H and O–H groups in total. The lowest BCUT2D eigenvalue weighted by Gasteiger charge is -2.02. The number of fused-ring (bicyclic) bond motifs is 3. The molecule has 1 heterocycles. The van der Waals surface area contributed by atoms with E-state index < -0.39 is 0 Å². The second-order valence-corrected chi connectivity index (χ2v) is 5.56. The van der Waals surface area contributed by atoms with Gasteiger partial charge in [-0.05, 0) is 24.6 Å². The van der Waals surface area contributed by atoms with Crippen LogP contribution in [0.2, 0.25) is 10.0 Å². The van der Waals surface area contributed by atoms with Crippen molar-refractivity contribution in [1.29, 1.82) is 0 Å². The van der Waals surface area contributed by atoms with Gasteiger partial charge in [-0.3, -0.25) is 4.79 Å². The fourth-order valence-corrected chi connectivity index (χ4v) is 2.82. The van der Waals surface area contributed by atoms with Gasteiger partial charge in [0.2, 0.25) is 0 Å². The van der Waals surface area contributed by atoms with Crippen LogP contribution in [0, 0.1) is 0 Å². The van der Waals surface area contributed by atoms with E-state index in [1.54, 1.807) is 13.0 Å². The molecular weight excluding hydrogens is 309 g/mol. The molecule has 0 bridgehead atoms. The molecule has 0 aliphatic rings. The average molecular weight is 322 g/mol. The molecule has 0 aliphatic carbocycles. The Hall–Kier alpha value is -1.71. The number of carbonyl (C=O) groups excluding carboxylic acids is 1. The molecule has 0 saturated carbocycles. The zero-order valence-electron chi connectivity index (χ0n) is 11.4. The van der Waals surface area contributed by atoms with Crippen LogP contribution in [0.15, 0.2) is 30.3 Å². The molecule has 0 aliphatic heterocycles. The zero-order chi connectivity index (χ0) is 15.0. The van der Waals surface area contributed by atoms with Crippen LogP contribution in [0.3, 0.4) is 0 Å². The number of halogens is 2. The van der Waals surface area contributed by atoms with Gasteiger partial charge in [0.05, 0.1) is 28.6 Å². The Morgan fingerprint density at radius 1 is 1.19 bits per heavy atom. The summed E-state index contributed by atoms with van der Waals surface area (Å²) < 4.78 is 4.96. The molecular formula is C16H13Cl2NO2. The maximum atomic E-state index is 11.5. The molecule has 1 aromatic heterocycles. The molecule has 0 saturated heterocycles. The summed E-state index contributed by atoms with van der Waals surface area (Å²) in [6.07, 6.45) is 0.258. The van der Waals surface area contributed by atoms with Crippen molar-refractivity contribution >= 4 is 51.0 Å². The Kier molecular flexibility index (Phi) is 3.79. The lowest BCUT2D eigenvalue weighted by Crippen LogP contribution is -2.07. The third-order valence-corrected chi connectivity index (χ3v) is 4.19. The van der Waals surface area contributed by atoms with Crippen molar-refractivity contribution in [3.63, 3.8) is 0 Å². The van der Waals surface area contributed by atoms with E-state index in [0.29, 0.717) is 16.7 Å². The molecule has 2 aromatic carbocycles. The first-order chi connectivity index (χ1) is 10.1. The molecule has 3 rings (SSSR count). The summed E-state index contributed by atoms with van der Waals surface area (Å²) in [6.45, 7) is 2.19. The van der Waals surface area contributed by atoms with Gasteiger partial charge in [0, 0.05) is 16.3 Å². The lowest BCUT2D eigenvalue weighted by molar-refractivity contribution is -0.142. The van der Waals surface area contributed by atoms with Crippen LogP contribution in [0.4, 0.5) is 0 Å². The Morgan fingerprint density at radius 2 is 1.95 bits per heavy atom. The molecule has 0 unspecified atom stereocenters. The molecule has 0 fully saturated rings. The summed E-state index contributed by atoms with van der Waals surface area (Å²) in [5.74, 6) is -0.228. The van der Waals surface area contributed by atoms with Gasteiger partial charge in [-0.2, -0.15) is 0 Å². The summed E-state index contributed by atoms with van der Waals surface area (Å²) in [5, 5.41) is 3.10. The monoisotopic (exact) mass is 321 g/mol. The predicted octanol–water partition coefficient (Wildman–Crippen LogP) is 4.73. The standard InChI is InChI=1S/C16H13Cl2NO2/c1-2-21-14(20)8-9-3-4-10-11-5-6-12(17)15(18)16(11)19-13(10)7-9/h3-7,19H,2,8H2,1H3. The number of hydrogen-bond acceptors (Lipinski definition) is 2. The van der Waals surface area contributed by atoms with Crippen molar-refractivity contribution in [2.75, 3.05) is 6.61 Å². The Balaban J connectivity index is 2.08. The lowest BCUT2D eigenvalue weighted by atomic mass is 10.1. The van der Waals surface area contributed by atoms with E-state index in [0.717, 1.165) is 27.4 Å². The van der Waals surface area contributed by atoms with Crippen molar-refractivity contribution in [3.05, 3.63) is 45.9 Å². The number of aromatic nitrogens is 1. The number of hydrogen-bond donors (Lipinski definition) is 1. The van der Waals surface area contributed by atoms with E-state index in [4.69, 9.17) is 27.9 Å². The van der Waals surface area contributed by atoms with Gasteiger partial charge >= 0.3 is 5.97 Å². The Bertz CT molecular complexity index is 839. The van der Waals surface area contributed by atoms with Gasteiger partial charge < -0.3 is 9.72 Å². The van der Waals surface area contributed by atoms with E-state index in [2.05, 4.69) is 4.98 Å². The molecule has 108 valence electrons. The van der Waals surface area contributed by atoms with Gasteiger partial charge in [0.15, 0.2) is 0 Å². The van der Waals surface area contributed by atoms with Crippen LogP contribution in [0.5, 0.6) is 0 Å². The van der Waals surface area contributed by atoms with Gasteiger partial charge in [-0.25, -0.2) is 0 Å². The van der Waals surface area contributed by atoms with Crippen molar-refractivity contribution in [1.82, 2.24) is 4.98 Å². The summed E-state index contributed by atoms with van der Waals surface area (Å²) in [5.41, 5.74) is 2.64. The number of benzene rings is 2. The number of aromatic amines is 1. The number of nitrogens with one attached hydrogen (secondary N) is 1. The van der Waals surface area contributed by atoms with Crippen LogP contribution in [0.25, 0.3) is 21.8 Å². The maximum absolute atomic E-state index is 11.5. The molecule has 0 atom stereocenters. The zero-order valence-corrected chi connectivity index (χ0v) is 12.9. The van der Waals surface area contributed by atoms with Gasteiger partial charge in [0.25, 0.3) is 0 Å². The number of H-pyrrole nitrogens is 1. The van der Waals surface area contributed by atoms with Crippen LogP contribution in [0.1, 0.15) is 12.5 Å². The third-order valence-electron chi connectivity index (χ3n) is 3.38. The highest BCUT2D eigenvalue weighted by molar-refractivity contribution is 6.45. The molecule has 0 spiro atoms. The fraction of sp³-hybridized carbons (Fsp3) is 0.188. The van der Waals surface area contributed by atoms with E-state index in [9.17, 15) is 4.79 Å². The molecule has 3 aromatic rings. The molecule has 0 amide bonds. The van der Waals surface area contributed by atoms with E-state index in [-0.39, 0.29) is 12.4 Å². The van der Waals surface area contributed by atoms with Crippen molar-refractivity contribution < 1.29 is 9.53 Å². The third kappa shape index (κ3) is 2.59. The van der Waals surface area contributed by atoms with Crippen LogP contribution in [-0.4, -0.2) is 17.6 Å². The van der Waals surface area contributed by atoms with Gasteiger partial charge in [-0.1, -0.05) is 41.4 Å². The number of ether oxygens (including phenoxy) is 1. The first kappa shape index (κ1) is 14.2. The van der Waals surface area contributed by atoms with Crippen LogP contribution < -0.4 is 0 Å². The van der Waals surface area contributed by atoms with Crippen molar-refractivity contribution in [2.45, 2.75) is 13.3 Å². The first-order valence-electron chi connectivity index (χ1n) is 6.64. The van der Waals surface area contributed by atoms with Crippen LogP contribution in [-0.2, 0) is 16.0 Å². The minimum atomic E-state index is -0.228. The normalized spacial score (nSPS) is 11.2. The Morgan fingerprint density at radius 3 is 2.71 bits per heavy atom. The predicted molar refractivity (Wildman–Crippen MR) is 86.2 cm³/mol. The molecule has 21 heavy (non-hydrogen) atoms. The SMILES string of the molecule is CCOC(=O)Cc1ccc2c(c1)[nH]c1c(Cl)c(Cl)ccc12. The first-order valence-corrected chi connectivity index (χ1v) is 7.39. The largest absolute Gasteiger partial charge is 0.466 e. The quantitative estimate of drug-likeness (QED) is 0.708. The summed E-state index contributed by atoms with van der Waals surface area (Å²) in [6, 6.07) is 9.57. The highest BCUT2D eigenvalue weighted by Crippen LogP contribution is 2.34. The smallest absolute Gasteiger partial charge is 0.310 e. The summed E-state index contributed by atoms with van der Waals surface area (Å²) in [4.78, 5) is 14.8. The second-order valence-electron chi connectivity index (χ2n) is 4.77. The van der Waals surface area contributed by atoms with Crippen molar-refractivity contribution in [2.24, 2.45) is 0 Å². The van der Waals surface area contributed by atoms with E-state index in [1.165, 1.54) is 0 Å². The second kappa shape index (κ2) is 5.58. The van der Waals surface area contributed by atoms with E-state index >= 15 is 0 Å². The van der Waals surface area contributed by atoms with Gasteiger partial charge in [-0.15, -0.1) is 0 Å². The minimum absolute atomic E-state index is 0.228. The number of rotatable bonds is 3. The molecule has 5 heteroatoms. The van der Waals surface area contributed by atoms with Crippen molar-refractivity contribution in [3.8, 4) is 0 Å². The average Bonchev–Trinajstić information content (AvgIpc) is 2.81. The highest BCUT2D eigenvalue weighted by atomic mass is 35.5. The Labute approximate surface area is 131 Å². The maximum Gasteiger partial charge on any atom is 0.310 e. The molecule has 0 radical (unpaired) electrons. The van der Waals surface area contributed by atoms with Gasteiger partial charge in [0.1, 0.15) is 0 Å². The van der Waals surface area contributed by atoms with E-state index in [1.807, 2.05) is 24.3 Å². The minimum Gasteiger partial charge on any atom is -0.466 e. The highest BCUT2D eigenvalue weighted by Gasteiger charge is 2.11.